The summed E-state index contributed by atoms with van der Waals surface area (Å²) in [6.07, 6.45) is 6.49. The molecule has 0 radical (unpaired) electrons. The molecule has 1 aromatic rings. The SMILES string of the molecule is CN(c1ccnc(C(=O)O)c1)C1CCCC1. The minimum atomic E-state index is -0.971. The molecule has 0 saturated heterocycles. The van der Waals surface area contributed by atoms with Gasteiger partial charge in [-0.25, -0.2) is 9.78 Å². The number of anilines is 1. The molecule has 0 bridgehead atoms. The molecule has 0 amide bonds. The first-order valence-corrected chi connectivity index (χ1v) is 5.60. The molecule has 1 aliphatic rings. The Labute approximate surface area is 94.9 Å². The Bertz CT molecular complexity index is 386. The Morgan fingerprint density at radius 3 is 2.81 bits per heavy atom. The number of carboxylic acids is 1. The molecule has 1 fully saturated rings. The molecule has 1 N–H and O–H groups in total. The van der Waals surface area contributed by atoms with E-state index in [4.69, 9.17) is 5.11 Å². The molecule has 0 atom stereocenters. The quantitative estimate of drug-likeness (QED) is 0.848. The van der Waals surface area contributed by atoms with E-state index in [1.165, 1.54) is 25.7 Å². The lowest BCUT2D eigenvalue weighted by molar-refractivity contribution is 0.0690. The smallest absolute Gasteiger partial charge is 0.354 e. The van der Waals surface area contributed by atoms with Gasteiger partial charge in [-0.2, -0.15) is 0 Å². The van der Waals surface area contributed by atoms with E-state index >= 15 is 0 Å². The Balaban J connectivity index is 2.18. The van der Waals surface area contributed by atoms with Crippen molar-refractivity contribution in [3.05, 3.63) is 24.0 Å². The van der Waals surface area contributed by atoms with Gasteiger partial charge >= 0.3 is 5.97 Å². The van der Waals surface area contributed by atoms with E-state index in [0.29, 0.717) is 6.04 Å². The van der Waals surface area contributed by atoms with E-state index in [2.05, 4.69) is 9.88 Å². The van der Waals surface area contributed by atoms with Crippen LogP contribution in [0.5, 0.6) is 0 Å². The van der Waals surface area contributed by atoms with Gasteiger partial charge in [-0.1, -0.05) is 12.8 Å². The summed E-state index contributed by atoms with van der Waals surface area (Å²) in [6.45, 7) is 0. The molecule has 1 aliphatic carbocycles. The van der Waals surface area contributed by atoms with Crippen LogP contribution in [0.4, 0.5) is 5.69 Å². The maximum absolute atomic E-state index is 10.8. The van der Waals surface area contributed by atoms with Crippen molar-refractivity contribution >= 4 is 11.7 Å². The van der Waals surface area contributed by atoms with Crippen molar-refractivity contribution in [1.82, 2.24) is 4.98 Å². The molecule has 2 rings (SSSR count). The highest BCUT2D eigenvalue weighted by Crippen LogP contribution is 2.26. The van der Waals surface area contributed by atoms with Gasteiger partial charge in [-0.3, -0.25) is 0 Å². The number of nitrogens with zero attached hydrogens (tertiary/aromatic N) is 2. The van der Waals surface area contributed by atoms with Crippen LogP contribution in [0, 0.1) is 0 Å². The standard InChI is InChI=1S/C12H16N2O2/c1-14(9-4-2-3-5-9)10-6-7-13-11(8-10)12(15)16/h6-9H,2-5H2,1H3,(H,15,16). The van der Waals surface area contributed by atoms with Crippen LogP contribution in [0.15, 0.2) is 18.3 Å². The van der Waals surface area contributed by atoms with Gasteiger partial charge in [0.1, 0.15) is 5.69 Å². The lowest BCUT2D eigenvalue weighted by Gasteiger charge is -2.26. The number of hydrogen-bond donors (Lipinski definition) is 1. The molecule has 0 spiro atoms. The second-order valence-corrected chi connectivity index (χ2v) is 4.25. The second-order valence-electron chi connectivity index (χ2n) is 4.25. The maximum Gasteiger partial charge on any atom is 0.354 e. The summed E-state index contributed by atoms with van der Waals surface area (Å²) in [5.74, 6) is -0.971. The molecule has 1 heterocycles. The van der Waals surface area contributed by atoms with Gasteiger partial charge in [0.25, 0.3) is 0 Å². The third-order valence-corrected chi connectivity index (χ3v) is 3.24. The summed E-state index contributed by atoms with van der Waals surface area (Å²) in [4.78, 5) is 16.8. The predicted octanol–water partition coefficient (Wildman–Crippen LogP) is 2.16. The van der Waals surface area contributed by atoms with E-state index in [1.807, 2.05) is 13.1 Å². The van der Waals surface area contributed by atoms with Gasteiger partial charge in [0.2, 0.25) is 0 Å². The molecule has 1 aromatic heterocycles. The maximum atomic E-state index is 10.8. The van der Waals surface area contributed by atoms with Crippen molar-refractivity contribution < 1.29 is 9.90 Å². The molecule has 0 aliphatic heterocycles. The largest absolute Gasteiger partial charge is 0.477 e. The zero-order valence-electron chi connectivity index (χ0n) is 9.39. The molecular weight excluding hydrogens is 204 g/mol. The van der Waals surface area contributed by atoms with Crippen molar-refractivity contribution in [2.45, 2.75) is 31.7 Å². The summed E-state index contributed by atoms with van der Waals surface area (Å²) >= 11 is 0. The Morgan fingerprint density at radius 2 is 2.19 bits per heavy atom. The number of aromatic carboxylic acids is 1. The summed E-state index contributed by atoms with van der Waals surface area (Å²) in [5, 5.41) is 8.88. The van der Waals surface area contributed by atoms with Gasteiger partial charge in [-0.05, 0) is 25.0 Å². The molecule has 0 aromatic carbocycles. The van der Waals surface area contributed by atoms with E-state index in [0.717, 1.165) is 5.69 Å². The first-order valence-electron chi connectivity index (χ1n) is 5.60. The zero-order valence-corrected chi connectivity index (χ0v) is 9.39. The number of carboxylic acid groups (broad SMARTS) is 1. The van der Waals surface area contributed by atoms with Crippen LogP contribution in [0.25, 0.3) is 0 Å². The average Bonchev–Trinajstić information content (AvgIpc) is 2.81. The minimum absolute atomic E-state index is 0.113. The van der Waals surface area contributed by atoms with Crippen LogP contribution in [-0.2, 0) is 0 Å². The molecular formula is C12H16N2O2. The predicted molar refractivity (Wildman–Crippen MR) is 61.9 cm³/mol. The van der Waals surface area contributed by atoms with Crippen LogP contribution in [-0.4, -0.2) is 29.1 Å². The van der Waals surface area contributed by atoms with Crippen molar-refractivity contribution in [1.29, 1.82) is 0 Å². The normalized spacial score (nSPS) is 16.3. The van der Waals surface area contributed by atoms with Crippen LogP contribution in [0.1, 0.15) is 36.2 Å². The highest BCUT2D eigenvalue weighted by Gasteiger charge is 2.20. The Kier molecular flexibility index (Phi) is 3.08. The number of hydrogen-bond acceptors (Lipinski definition) is 3. The number of carbonyl (C=O) groups is 1. The summed E-state index contributed by atoms with van der Waals surface area (Å²) in [6, 6.07) is 4.05. The minimum Gasteiger partial charge on any atom is -0.477 e. The average molecular weight is 220 g/mol. The van der Waals surface area contributed by atoms with Gasteiger partial charge in [-0.15, -0.1) is 0 Å². The van der Waals surface area contributed by atoms with Crippen molar-refractivity contribution in [3.8, 4) is 0 Å². The Morgan fingerprint density at radius 1 is 1.50 bits per heavy atom. The molecule has 4 heteroatoms. The summed E-state index contributed by atoms with van der Waals surface area (Å²) in [7, 11) is 2.02. The third-order valence-electron chi connectivity index (χ3n) is 3.24. The van der Waals surface area contributed by atoms with E-state index < -0.39 is 5.97 Å². The van der Waals surface area contributed by atoms with E-state index in [-0.39, 0.29) is 5.69 Å². The number of pyridine rings is 1. The number of aromatic nitrogens is 1. The van der Waals surface area contributed by atoms with Crippen molar-refractivity contribution in [2.24, 2.45) is 0 Å². The topological polar surface area (TPSA) is 53.4 Å². The second kappa shape index (κ2) is 4.51. The van der Waals surface area contributed by atoms with Crippen LogP contribution < -0.4 is 4.90 Å². The lowest BCUT2D eigenvalue weighted by atomic mass is 10.2. The third kappa shape index (κ3) is 2.15. The molecule has 0 unspecified atom stereocenters. The van der Waals surface area contributed by atoms with Gasteiger partial charge in [0.05, 0.1) is 0 Å². The van der Waals surface area contributed by atoms with Gasteiger partial charge in [0.15, 0.2) is 0 Å². The lowest BCUT2D eigenvalue weighted by Crippen LogP contribution is -2.28. The van der Waals surface area contributed by atoms with Crippen molar-refractivity contribution in [2.75, 3.05) is 11.9 Å². The zero-order chi connectivity index (χ0) is 11.5. The monoisotopic (exact) mass is 220 g/mol. The van der Waals surface area contributed by atoms with E-state index in [1.54, 1.807) is 12.3 Å². The molecule has 1 saturated carbocycles. The molecule has 4 nitrogen and oxygen atoms in total. The first-order chi connectivity index (χ1) is 7.68. The first kappa shape index (κ1) is 10.9. The van der Waals surface area contributed by atoms with Crippen LogP contribution in [0.3, 0.4) is 0 Å². The van der Waals surface area contributed by atoms with Crippen LogP contribution in [0.2, 0.25) is 0 Å². The fourth-order valence-electron chi connectivity index (χ4n) is 2.26. The fourth-order valence-corrected chi connectivity index (χ4v) is 2.26. The molecule has 16 heavy (non-hydrogen) atoms. The highest BCUT2D eigenvalue weighted by molar-refractivity contribution is 5.86. The van der Waals surface area contributed by atoms with E-state index in [9.17, 15) is 4.79 Å². The summed E-state index contributed by atoms with van der Waals surface area (Å²) in [5.41, 5.74) is 1.06. The van der Waals surface area contributed by atoms with Crippen molar-refractivity contribution in [3.63, 3.8) is 0 Å². The number of rotatable bonds is 3. The summed E-state index contributed by atoms with van der Waals surface area (Å²) < 4.78 is 0. The van der Waals surface area contributed by atoms with Gasteiger partial charge < -0.3 is 10.0 Å². The fraction of sp³-hybridized carbons (Fsp3) is 0.500. The molecule has 86 valence electrons. The highest BCUT2D eigenvalue weighted by atomic mass is 16.4. The van der Waals surface area contributed by atoms with Gasteiger partial charge in [0, 0.05) is 25.0 Å². The Hall–Kier alpha value is -1.58. The van der Waals surface area contributed by atoms with Crippen LogP contribution >= 0.6 is 0 Å².